The predicted octanol–water partition coefficient (Wildman–Crippen LogP) is 2.60. The number of rotatable bonds is 4. The van der Waals surface area contributed by atoms with Gasteiger partial charge in [0.25, 0.3) is 0 Å². The van der Waals surface area contributed by atoms with Gasteiger partial charge in [-0.1, -0.05) is 22.9 Å². The first kappa shape index (κ1) is 10.5. The molecule has 3 heteroatoms. The predicted molar refractivity (Wildman–Crippen MR) is 55.9 cm³/mol. The number of hydrogen-bond acceptors (Lipinski definition) is 2. The summed E-state index contributed by atoms with van der Waals surface area (Å²) in [6.07, 6.45) is 0.347. The van der Waals surface area contributed by atoms with Crippen molar-refractivity contribution in [3.8, 4) is 5.75 Å². The zero-order valence-electron chi connectivity index (χ0n) is 7.53. The van der Waals surface area contributed by atoms with E-state index in [1.807, 2.05) is 31.2 Å². The summed E-state index contributed by atoms with van der Waals surface area (Å²) in [5.41, 5.74) is 0. The summed E-state index contributed by atoms with van der Waals surface area (Å²) in [6, 6.07) is 7.56. The minimum absolute atomic E-state index is 0.359. The third-order valence-corrected chi connectivity index (χ3v) is 2.26. The number of benzene rings is 1. The Labute approximate surface area is 86.7 Å². The Balaban J connectivity index is 2.41. The number of halogens is 1. The summed E-state index contributed by atoms with van der Waals surface area (Å²) in [6.45, 7) is 2.29. The largest absolute Gasteiger partial charge is 0.491 e. The Hall–Kier alpha value is -0.540. The fourth-order valence-corrected chi connectivity index (χ4v) is 1.11. The molecule has 1 N–H and O–H groups in total. The summed E-state index contributed by atoms with van der Waals surface area (Å²) < 4.78 is 6.37. The molecule has 1 aromatic carbocycles. The molecule has 0 radical (unpaired) electrons. The molecule has 0 amide bonds. The molecule has 72 valence electrons. The molecular weight excluding hydrogens is 232 g/mol. The first-order valence-electron chi connectivity index (χ1n) is 4.28. The summed E-state index contributed by atoms with van der Waals surface area (Å²) in [4.78, 5) is 0. The van der Waals surface area contributed by atoms with Gasteiger partial charge in [-0.15, -0.1) is 0 Å². The van der Waals surface area contributed by atoms with Crippen LogP contribution < -0.4 is 4.74 Å². The average Bonchev–Trinajstić information content (AvgIpc) is 2.16. The van der Waals surface area contributed by atoms with E-state index in [1.54, 1.807) is 0 Å². The van der Waals surface area contributed by atoms with E-state index in [-0.39, 0.29) is 6.10 Å². The monoisotopic (exact) mass is 244 g/mol. The highest BCUT2D eigenvalue weighted by atomic mass is 79.9. The zero-order valence-corrected chi connectivity index (χ0v) is 9.12. The first-order chi connectivity index (χ1) is 6.22. The number of aliphatic hydroxyl groups is 1. The summed E-state index contributed by atoms with van der Waals surface area (Å²) in [7, 11) is 0. The zero-order chi connectivity index (χ0) is 9.68. The van der Waals surface area contributed by atoms with Crippen molar-refractivity contribution in [2.45, 2.75) is 19.4 Å². The number of ether oxygens (including phenoxy) is 1. The molecule has 1 atom stereocenters. The van der Waals surface area contributed by atoms with Gasteiger partial charge in [0.05, 0.1) is 6.10 Å². The molecule has 1 rings (SSSR count). The van der Waals surface area contributed by atoms with Crippen LogP contribution in [0.3, 0.4) is 0 Å². The van der Waals surface area contributed by atoms with E-state index in [0.717, 1.165) is 16.6 Å². The molecule has 0 bridgehead atoms. The van der Waals surface area contributed by atoms with E-state index < -0.39 is 0 Å². The Bertz CT molecular complexity index is 246. The summed E-state index contributed by atoms with van der Waals surface area (Å²) in [5.74, 6) is 0.788. The van der Waals surface area contributed by atoms with Crippen molar-refractivity contribution in [1.29, 1.82) is 0 Å². The second-order valence-corrected chi connectivity index (χ2v) is 3.74. The number of aliphatic hydroxyl groups excluding tert-OH is 1. The average molecular weight is 245 g/mol. The van der Waals surface area contributed by atoms with E-state index in [9.17, 15) is 5.11 Å². The standard InChI is InChI=1S/C10H13BrO2/c1-2-9(12)7-13-10-5-3-8(11)4-6-10/h3-6,9,12H,2,7H2,1H3/t9-/m0/s1. The maximum Gasteiger partial charge on any atom is 0.119 e. The van der Waals surface area contributed by atoms with Crippen LogP contribution in [0.5, 0.6) is 5.75 Å². The minimum atomic E-state index is -0.372. The van der Waals surface area contributed by atoms with E-state index in [1.165, 1.54) is 0 Å². The van der Waals surface area contributed by atoms with Gasteiger partial charge in [0.15, 0.2) is 0 Å². The topological polar surface area (TPSA) is 29.5 Å². The number of hydrogen-bond donors (Lipinski definition) is 1. The molecule has 2 nitrogen and oxygen atoms in total. The van der Waals surface area contributed by atoms with Crippen molar-refractivity contribution < 1.29 is 9.84 Å². The normalized spacial score (nSPS) is 12.5. The van der Waals surface area contributed by atoms with E-state index >= 15 is 0 Å². The van der Waals surface area contributed by atoms with Gasteiger partial charge in [-0.2, -0.15) is 0 Å². The Kier molecular flexibility index (Phi) is 4.25. The molecular formula is C10H13BrO2. The maximum atomic E-state index is 9.24. The maximum absolute atomic E-state index is 9.24. The smallest absolute Gasteiger partial charge is 0.119 e. The van der Waals surface area contributed by atoms with Crippen molar-refractivity contribution in [1.82, 2.24) is 0 Å². The Morgan fingerprint density at radius 1 is 1.38 bits per heavy atom. The minimum Gasteiger partial charge on any atom is -0.491 e. The van der Waals surface area contributed by atoms with Crippen molar-refractivity contribution in [3.05, 3.63) is 28.7 Å². The van der Waals surface area contributed by atoms with Crippen molar-refractivity contribution in [3.63, 3.8) is 0 Å². The van der Waals surface area contributed by atoms with Crippen LogP contribution in [-0.4, -0.2) is 17.8 Å². The molecule has 0 aliphatic rings. The molecule has 0 aliphatic carbocycles. The molecule has 0 aromatic heterocycles. The van der Waals surface area contributed by atoms with Gasteiger partial charge >= 0.3 is 0 Å². The molecule has 1 aromatic rings. The van der Waals surface area contributed by atoms with Crippen LogP contribution in [0.25, 0.3) is 0 Å². The second-order valence-electron chi connectivity index (χ2n) is 2.83. The van der Waals surface area contributed by atoms with E-state index in [2.05, 4.69) is 15.9 Å². The summed E-state index contributed by atoms with van der Waals surface area (Å²) in [5, 5.41) is 9.24. The van der Waals surface area contributed by atoms with Crippen LogP contribution in [0.15, 0.2) is 28.7 Å². The molecule has 0 spiro atoms. The van der Waals surface area contributed by atoms with Gasteiger partial charge in [-0.3, -0.25) is 0 Å². The van der Waals surface area contributed by atoms with Crippen LogP contribution in [0.1, 0.15) is 13.3 Å². The third-order valence-electron chi connectivity index (χ3n) is 1.73. The molecule has 13 heavy (non-hydrogen) atoms. The highest BCUT2D eigenvalue weighted by molar-refractivity contribution is 9.10. The van der Waals surface area contributed by atoms with Crippen LogP contribution >= 0.6 is 15.9 Å². The highest BCUT2D eigenvalue weighted by Crippen LogP contribution is 2.16. The van der Waals surface area contributed by atoms with Crippen LogP contribution in [-0.2, 0) is 0 Å². The molecule has 0 saturated heterocycles. The van der Waals surface area contributed by atoms with Crippen molar-refractivity contribution >= 4 is 15.9 Å². The van der Waals surface area contributed by atoms with E-state index in [4.69, 9.17) is 4.74 Å². The molecule has 0 heterocycles. The first-order valence-corrected chi connectivity index (χ1v) is 5.08. The lowest BCUT2D eigenvalue weighted by Crippen LogP contribution is -2.15. The van der Waals surface area contributed by atoms with Gasteiger partial charge in [-0.05, 0) is 30.7 Å². The van der Waals surface area contributed by atoms with Crippen molar-refractivity contribution in [2.24, 2.45) is 0 Å². The van der Waals surface area contributed by atoms with Gasteiger partial charge in [-0.25, -0.2) is 0 Å². The lowest BCUT2D eigenvalue weighted by atomic mass is 10.3. The van der Waals surface area contributed by atoms with Gasteiger partial charge in [0.1, 0.15) is 12.4 Å². The van der Waals surface area contributed by atoms with Crippen LogP contribution in [0.4, 0.5) is 0 Å². The quantitative estimate of drug-likeness (QED) is 0.883. The second kappa shape index (κ2) is 5.25. The Morgan fingerprint density at radius 2 is 2.00 bits per heavy atom. The molecule has 0 saturated carbocycles. The van der Waals surface area contributed by atoms with Crippen molar-refractivity contribution in [2.75, 3.05) is 6.61 Å². The lowest BCUT2D eigenvalue weighted by molar-refractivity contribution is 0.104. The third kappa shape index (κ3) is 3.79. The van der Waals surface area contributed by atoms with Crippen LogP contribution in [0, 0.1) is 0 Å². The molecule has 0 fully saturated rings. The molecule has 0 unspecified atom stereocenters. The van der Waals surface area contributed by atoms with Gasteiger partial charge in [0, 0.05) is 4.47 Å². The van der Waals surface area contributed by atoms with Gasteiger partial charge in [0.2, 0.25) is 0 Å². The van der Waals surface area contributed by atoms with Crippen LogP contribution in [0.2, 0.25) is 0 Å². The highest BCUT2D eigenvalue weighted by Gasteiger charge is 2.01. The SMILES string of the molecule is CC[C@H](O)COc1ccc(Br)cc1. The lowest BCUT2D eigenvalue weighted by Gasteiger charge is -2.09. The van der Waals surface area contributed by atoms with Gasteiger partial charge < -0.3 is 9.84 Å². The molecule has 0 aliphatic heterocycles. The summed E-state index contributed by atoms with van der Waals surface area (Å²) >= 11 is 3.33. The Morgan fingerprint density at radius 3 is 2.54 bits per heavy atom. The fourth-order valence-electron chi connectivity index (χ4n) is 0.841. The van der Waals surface area contributed by atoms with E-state index in [0.29, 0.717) is 6.61 Å². The fraction of sp³-hybridized carbons (Fsp3) is 0.400.